The number of ether oxygens (including phenoxy) is 2. The molecular formula is C20H30N2O5S. The van der Waals surface area contributed by atoms with Gasteiger partial charge in [-0.05, 0) is 63.8 Å². The van der Waals surface area contributed by atoms with Crippen molar-refractivity contribution in [2.45, 2.75) is 63.3 Å². The van der Waals surface area contributed by atoms with Crippen molar-refractivity contribution in [1.29, 1.82) is 0 Å². The Bertz CT molecular complexity index is 749. The summed E-state index contributed by atoms with van der Waals surface area (Å²) in [6.45, 7) is 4.69. The van der Waals surface area contributed by atoms with E-state index < -0.39 is 15.3 Å². The summed E-state index contributed by atoms with van der Waals surface area (Å²) in [5.74, 6) is 0.667. The topological polar surface area (TPSA) is 93.7 Å². The molecular weight excluding hydrogens is 380 g/mol. The van der Waals surface area contributed by atoms with Crippen molar-refractivity contribution in [3.8, 4) is 5.75 Å². The molecule has 2 aliphatic rings. The molecule has 156 valence electrons. The van der Waals surface area contributed by atoms with Gasteiger partial charge in [0, 0.05) is 24.1 Å². The molecule has 0 aromatic heterocycles. The minimum Gasteiger partial charge on any atom is -0.488 e. The Morgan fingerprint density at radius 3 is 2.36 bits per heavy atom. The lowest BCUT2D eigenvalue weighted by molar-refractivity contribution is -0.120. The van der Waals surface area contributed by atoms with E-state index in [0.29, 0.717) is 32.3 Å². The van der Waals surface area contributed by atoms with Gasteiger partial charge >= 0.3 is 0 Å². The minimum absolute atomic E-state index is 0.0111. The van der Waals surface area contributed by atoms with Crippen LogP contribution in [0.15, 0.2) is 24.3 Å². The van der Waals surface area contributed by atoms with E-state index in [1.54, 1.807) is 13.8 Å². The van der Waals surface area contributed by atoms with Gasteiger partial charge < -0.3 is 14.8 Å². The van der Waals surface area contributed by atoms with E-state index in [4.69, 9.17) is 9.47 Å². The van der Waals surface area contributed by atoms with Crippen LogP contribution in [-0.4, -0.2) is 44.9 Å². The second-order valence-electron chi connectivity index (χ2n) is 7.88. The van der Waals surface area contributed by atoms with Gasteiger partial charge in [0.15, 0.2) is 0 Å². The molecule has 0 spiro atoms. The van der Waals surface area contributed by atoms with Crippen molar-refractivity contribution in [1.82, 2.24) is 4.72 Å². The fraction of sp³-hybridized carbons (Fsp3) is 0.650. The van der Waals surface area contributed by atoms with E-state index in [9.17, 15) is 13.2 Å². The first-order chi connectivity index (χ1) is 13.3. The first kappa shape index (κ1) is 21.1. The van der Waals surface area contributed by atoms with Crippen molar-refractivity contribution >= 4 is 21.6 Å². The van der Waals surface area contributed by atoms with Crippen molar-refractivity contribution in [2.24, 2.45) is 5.92 Å². The van der Waals surface area contributed by atoms with Gasteiger partial charge in [0.2, 0.25) is 15.9 Å². The van der Waals surface area contributed by atoms with Crippen LogP contribution in [0.3, 0.4) is 0 Å². The number of anilines is 1. The molecule has 1 aromatic rings. The van der Waals surface area contributed by atoms with Gasteiger partial charge in [-0.25, -0.2) is 13.1 Å². The highest BCUT2D eigenvalue weighted by atomic mass is 32.2. The summed E-state index contributed by atoms with van der Waals surface area (Å²) in [6, 6.07) is 7.31. The highest BCUT2D eigenvalue weighted by molar-refractivity contribution is 7.90. The molecule has 2 fully saturated rings. The summed E-state index contributed by atoms with van der Waals surface area (Å²) in [6.07, 6.45) is 3.72. The Kier molecular flexibility index (Phi) is 6.95. The second-order valence-corrected chi connectivity index (χ2v) is 10.1. The number of hydrogen-bond acceptors (Lipinski definition) is 5. The van der Waals surface area contributed by atoms with Gasteiger partial charge in [-0.1, -0.05) is 0 Å². The molecule has 0 bridgehead atoms. The lowest BCUT2D eigenvalue weighted by atomic mass is 9.86. The molecule has 1 amide bonds. The summed E-state index contributed by atoms with van der Waals surface area (Å²) in [5, 5.41) is 2.51. The minimum atomic E-state index is -3.27. The van der Waals surface area contributed by atoms with Crippen LogP contribution >= 0.6 is 0 Å². The molecule has 1 aliphatic carbocycles. The zero-order chi connectivity index (χ0) is 20.1. The highest BCUT2D eigenvalue weighted by Crippen LogP contribution is 2.27. The maximum atomic E-state index is 12.5. The standard InChI is InChI=1S/C20H30N2O5S/c1-14(2)28(24,25)22-17-5-3-15(4-6-17)20(23)21-16-7-9-18(10-8-16)27-19-11-12-26-13-19/h7-10,14-15,17,19,22H,3-6,11-13H2,1-2H3,(H,21,23)/t15-,17-,19?. The predicted octanol–water partition coefficient (Wildman–Crippen LogP) is 2.68. The Labute approximate surface area is 167 Å². The number of carbonyl (C=O) groups excluding carboxylic acids is 1. The van der Waals surface area contributed by atoms with E-state index in [0.717, 1.165) is 24.5 Å². The lowest BCUT2D eigenvalue weighted by Crippen LogP contribution is -2.42. The summed E-state index contributed by atoms with van der Waals surface area (Å²) in [7, 11) is -3.27. The number of carbonyl (C=O) groups is 1. The third-order valence-corrected chi connectivity index (χ3v) is 7.27. The average molecular weight is 411 g/mol. The molecule has 1 heterocycles. The Balaban J connectivity index is 1.45. The zero-order valence-electron chi connectivity index (χ0n) is 16.5. The molecule has 2 N–H and O–H groups in total. The number of benzene rings is 1. The summed E-state index contributed by atoms with van der Waals surface area (Å²) in [5.41, 5.74) is 0.739. The number of rotatable bonds is 7. The molecule has 3 rings (SSSR count). The largest absolute Gasteiger partial charge is 0.488 e. The highest BCUT2D eigenvalue weighted by Gasteiger charge is 2.29. The molecule has 1 aliphatic heterocycles. The molecule has 7 nitrogen and oxygen atoms in total. The lowest BCUT2D eigenvalue weighted by Gasteiger charge is -2.28. The van der Waals surface area contributed by atoms with Crippen LogP contribution < -0.4 is 14.8 Å². The summed E-state index contributed by atoms with van der Waals surface area (Å²) >= 11 is 0. The van der Waals surface area contributed by atoms with Crippen molar-refractivity contribution in [2.75, 3.05) is 18.5 Å². The van der Waals surface area contributed by atoms with Gasteiger partial charge in [0.05, 0.1) is 18.5 Å². The van der Waals surface area contributed by atoms with Crippen molar-refractivity contribution in [3.05, 3.63) is 24.3 Å². The molecule has 1 atom stereocenters. The first-order valence-corrected chi connectivity index (χ1v) is 11.5. The van der Waals surface area contributed by atoms with Crippen LogP contribution in [0.25, 0.3) is 0 Å². The number of sulfonamides is 1. The predicted molar refractivity (Wildman–Crippen MR) is 108 cm³/mol. The molecule has 0 radical (unpaired) electrons. The number of nitrogens with one attached hydrogen (secondary N) is 2. The molecule has 8 heteroatoms. The molecule has 1 saturated heterocycles. The van der Waals surface area contributed by atoms with E-state index in [2.05, 4.69) is 10.0 Å². The normalized spacial score (nSPS) is 25.6. The van der Waals surface area contributed by atoms with E-state index in [-0.39, 0.29) is 24.0 Å². The van der Waals surface area contributed by atoms with E-state index in [1.165, 1.54) is 0 Å². The van der Waals surface area contributed by atoms with E-state index >= 15 is 0 Å². The van der Waals surface area contributed by atoms with Crippen LogP contribution in [0, 0.1) is 5.92 Å². The van der Waals surface area contributed by atoms with Gasteiger partial charge in [0.25, 0.3) is 0 Å². The summed E-state index contributed by atoms with van der Waals surface area (Å²) in [4.78, 5) is 12.5. The van der Waals surface area contributed by atoms with Gasteiger partial charge in [-0.2, -0.15) is 0 Å². The fourth-order valence-corrected chi connectivity index (χ4v) is 4.47. The maximum absolute atomic E-state index is 12.5. The van der Waals surface area contributed by atoms with Crippen LogP contribution in [0.2, 0.25) is 0 Å². The van der Waals surface area contributed by atoms with Crippen LogP contribution in [0.5, 0.6) is 5.75 Å². The van der Waals surface area contributed by atoms with Gasteiger partial charge in [-0.15, -0.1) is 0 Å². The molecule has 1 saturated carbocycles. The van der Waals surface area contributed by atoms with Crippen LogP contribution in [0.1, 0.15) is 46.0 Å². The zero-order valence-corrected chi connectivity index (χ0v) is 17.3. The van der Waals surface area contributed by atoms with Gasteiger partial charge in [0.1, 0.15) is 11.9 Å². The fourth-order valence-electron chi connectivity index (χ4n) is 3.50. The van der Waals surface area contributed by atoms with Crippen LogP contribution in [-0.2, 0) is 19.6 Å². The SMILES string of the molecule is CC(C)S(=O)(=O)N[C@H]1CC[C@H](C(=O)Nc2ccc(OC3CCOC3)cc2)CC1. The van der Waals surface area contributed by atoms with Gasteiger partial charge in [-0.3, -0.25) is 4.79 Å². The van der Waals surface area contributed by atoms with Crippen molar-refractivity contribution < 1.29 is 22.7 Å². The number of amides is 1. The second kappa shape index (κ2) is 9.24. The summed E-state index contributed by atoms with van der Waals surface area (Å²) < 4.78 is 37.8. The smallest absolute Gasteiger partial charge is 0.227 e. The van der Waals surface area contributed by atoms with Crippen molar-refractivity contribution in [3.63, 3.8) is 0 Å². The molecule has 1 unspecified atom stereocenters. The monoisotopic (exact) mass is 410 g/mol. The Morgan fingerprint density at radius 1 is 1.11 bits per heavy atom. The third kappa shape index (κ3) is 5.68. The van der Waals surface area contributed by atoms with Crippen LogP contribution in [0.4, 0.5) is 5.69 Å². The maximum Gasteiger partial charge on any atom is 0.227 e. The Hall–Kier alpha value is -1.64. The first-order valence-electron chi connectivity index (χ1n) is 10.00. The Morgan fingerprint density at radius 2 is 1.79 bits per heavy atom. The van der Waals surface area contributed by atoms with E-state index in [1.807, 2.05) is 24.3 Å². The number of hydrogen-bond donors (Lipinski definition) is 2. The molecule has 28 heavy (non-hydrogen) atoms. The molecule has 1 aromatic carbocycles. The average Bonchev–Trinajstić information content (AvgIpc) is 3.16. The third-order valence-electron chi connectivity index (χ3n) is 5.36. The quantitative estimate of drug-likeness (QED) is 0.721.